The summed E-state index contributed by atoms with van der Waals surface area (Å²) in [5.74, 6) is 0.617. The molecule has 27 heavy (non-hydrogen) atoms. The van der Waals surface area contributed by atoms with Gasteiger partial charge in [0.15, 0.2) is 11.5 Å². The van der Waals surface area contributed by atoms with Crippen molar-refractivity contribution in [1.29, 1.82) is 0 Å². The van der Waals surface area contributed by atoms with Gasteiger partial charge in [0, 0.05) is 11.7 Å². The van der Waals surface area contributed by atoms with Crippen molar-refractivity contribution in [2.24, 2.45) is 0 Å². The average molecular weight is 369 g/mol. The van der Waals surface area contributed by atoms with Gasteiger partial charge in [0.2, 0.25) is 6.79 Å². The molecule has 0 aromatic heterocycles. The molecule has 2 aromatic carbocycles. The van der Waals surface area contributed by atoms with Gasteiger partial charge in [0.05, 0.1) is 22.1 Å². The number of hydrogen-bond acceptors (Lipinski definition) is 6. The Morgan fingerprint density at radius 1 is 1.30 bits per heavy atom. The molecule has 2 heterocycles. The van der Waals surface area contributed by atoms with Crippen molar-refractivity contribution < 1.29 is 19.2 Å². The van der Waals surface area contributed by atoms with Crippen molar-refractivity contribution in [3.8, 4) is 11.5 Å². The highest BCUT2D eigenvalue weighted by Gasteiger charge is 2.39. The molecule has 8 heteroatoms. The molecule has 2 aliphatic rings. The zero-order valence-electron chi connectivity index (χ0n) is 15.0. The smallest absolute Gasteiger partial charge is 0.280 e. The van der Waals surface area contributed by atoms with E-state index in [1.54, 1.807) is 29.2 Å². The van der Waals surface area contributed by atoms with Gasteiger partial charge >= 0.3 is 0 Å². The number of nitrogens with one attached hydrogen (secondary N) is 1. The van der Waals surface area contributed by atoms with Crippen LogP contribution in [0.5, 0.6) is 11.5 Å². The molecule has 2 aromatic rings. The zero-order valence-corrected chi connectivity index (χ0v) is 15.0. The number of carbonyl (C=O) groups excluding carboxylic acids is 1. The second-order valence-corrected chi connectivity index (χ2v) is 6.58. The topological polar surface area (TPSA) is 93.9 Å². The van der Waals surface area contributed by atoms with Crippen LogP contribution in [0.3, 0.4) is 0 Å². The first kappa shape index (κ1) is 17.1. The quantitative estimate of drug-likeness (QED) is 0.652. The van der Waals surface area contributed by atoms with Crippen LogP contribution >= 0.6 is 0 Å². The third-order valence-electron chi connectivity index (χ3n) is 5.04. The number of carbonyl (C=O) groups is 1. The minimum atomic E-state index is -0.683. The second-order valence-electron chi connectivity index (χ2n) is 6.58. The molecule has 2 aliphatic heterocycles. The summed E-state index contributed by atoms with van der Waals surface area (Å²) in [4.78, 5) is 26.1. The summed E-state index contributed by atoms with van der Waals surface area (Å²) < 4.78 is 10.7. The maximum atomic E-state index is 13.2. The lowest BCUT2D eigenvalue weighted by molar-refractivity contribution is -0.385. The summed E-state index contributed by atoms with van der Waals surface area (Å²) in [5, 5.41) is 15.0. The molecular formula is C19H19N3O5. The Hall–Kier alpha value is -3.29. The molecule has 1 N–H and O–H groups in total. The number of benzene rings is 2. The summed E-state index contributed by atoms with van der Waals surface area (Å²) >= 11 is 0. The molecule has 8 nitrogen and oxygen atoms in total. The van der Waals surface area contributed by atoms with Crippen LogP contribution in [0.4, 0.5) is 11.4 Å². The molecule has 0 bridgehead atoms. The summed E-state index contributed by atoms with van der Waals surface area (Å²) in [5.41, 5.74) is 1.46. The Kier molecular flexibility index (Phi) is 4.10. The minimum absolute atomic E-state index is 0.0187. The Morgan fingerprint density at radius 3 is 2.70 bits per heavy atom. The molecular weight excluding hydrogens is 350 g/mol. The number of hydrogen-bond donors (Lipinski definition) is 1. The number of anilines is 1. The standard InChI is InChI=1S/C19H19N3O5/c1-3-11(2)21-18(20-14-7-5-4-6-12(14)19(21)23)13-8-16-17(27-10-26-16)9-15(13)22(24)25/h4-9,11,18,20H,3,10H2,1-2H3/t11-,18+/m1/s1. The third-order valence-corrected chi connectivity index (χ3v) is 5.04. The maximum absolute atomic E-state index is 13.2. The maximum Gasteiger partial charge on any atom is 0.280 e. The van der Waals surface area contributed by atoms with Gasteiger partial charge in [0.1, 0.15) is 6.17 Å². The van der Waals surface area contributed by atoms with Crippen molar-refractivity contribution in [3.05, 3.63) is 57.6 Å². The lowest BCUT2D eigenvalue weighted by atomic mass is 9.99. The van der Waals surface area contributed by atoms with E-state index in [1.807, 2.05) is 19.9 Å². The van der Waals surface area contributed by atoms with E-state index in [4.69, 9.17) is 9.47 Å². The number of nitro groups is 1. The van der Waals surface area contributed by atoms with E-state index in [-0.39, 0.29) is 24.4 Å². The van der Waals surface area contributed by atoms with Gasteiger partial charge in [0.25, 0.3) is 11.6 Å². The largest absolute Gasteiger partial charge is 0.454 e. The van der Waals surface area contributed by atoms with Crippen molar-refractivity contribution in [2.45, 2.75) is 32.5 Å². The highest BCUT2D eigenvalue weighted by atomic mass is 16.7. The number of nitro benzene ring substituents is 1. The first-order valence-electron chi connectivity index (χ1n) is 8.77. The Balaban J connectivity index is 1.89. The van der Waals surface area contributed by atoms with Crippen LogP contribution < -0.4 is 14.8 Å². The molecule has 2 atom stereocenters. The van der Waals surface area contributed by atoms with E-state index in [1.165, 1.54) is 6.07 Å². The molecule has 1 amide bonds. The fourth-order valence-electron chi connectivity index (χ4n) is 3.47. The molecule has 0 saturated carbocycles. The second kappa shape index (κ2) is 6.46. The summed E-state index contributed by atoms with van der Waals surface area (Å²) in [7, 11) is 0. The molecule has 0 aliphatic carbocycles. The molecule has 0 spiro atoms. The monoisotopic (exact) mass is 369 g/mol. The molecule has 4 rings (SSSR count). The normalized spacial score (nSPS) is 18.7. The van der Waals surface area contributed by atoms with Crippen molar-refractivity contribution >= 4 is 17.3 Å². The van der Waals surface area contributed by atoms with Crippen LogP contribution in [0, 0.1) is 10.1 Å². The van der Waals surface area contributed by atoms with Gasteiger partial charge in [-0.15, -0.1) is 0 Å². The Labute approximate surface area is 155 Å². The first-order chi connectivity index (χ1) is 13.0. The van der Waals surface area contributed by atoms with Gasteiger partial charge in [-0.1, -0.05) is 19.1 Å². The first-order valence-corrected chi connectivity index (χ1v) is 8.77. The highest BCUT2D eigenvalue weighted by Crippen LogP contribution is 2.44. The van der Waals surface area contributed by atoms with Crippen molar-refractivity contribution in [1.82, 2.24) is 4.90 Å². The minimum Gasteiger partial charge on any atom is -0.454 e. The summed E-state index contributed by atoms with van der Waals surface area (Å²) in [6, 6.07) is 10.0. The van der Waals surface area contributed by atoms with Crippen LogP contribution in [0.15, 0.2) is 36.4 Å². The fraction of sp³-hybridized carbons (Fsp3) is 0.316. The number of para-hydroxylation sites is 1. The average Bonchev–Trinajstić information content (AvgIpc) is 3.14. The van der Waals surface area contributed by atoms with E-state index < -0.39 is 11.1 Å². The van der Waals surface area contributed by atoms with Crippen molar-refractivity contribution in [2.75, 3.05) is 12.1 Å². The fourth-order valence-corrected chi connectivity index (χ4v) is 3.47. The van der Waals surface area contributed by atoms with Crippen LogP contribution in [0.2, 0.25) is 0 Å². The number of amides is 1. The van der Waals surface area contributed by atoms with Crippen molar-refractivity contribution in [3.63, 3.8) is 0 Å². The van der Waals surface area contributed by atoms with Crippen LogP contribution in [-0.4, -0.2) is 28.6 Å². The van der Waals surface area contributed by atoms with Gasteiger partial charge < -0.3 is 19.7 Å². The lowest BCUT2D eigenvalue weighted by Crippen LogP contribution is -2.47. The van der Waals surface area contributed by atoms with Gasteiger partial charge in [-0.05, 0) is 31.5 Å². The SMILES string of the molecule is CC[C@@H](C)N1C(=O)c2ccccc2N[C@@H]1c1cc2c(cc1[N+](=O)[O-])OCO2. The summed E-state index contributed by atoms with van der Waals surface area (Å²) in [6.45, 7) is 3.92. The van der Waals surface area contributed by atoms with E-state index >= 15 is 0 Å². The van der Waals surface area contributed by atoms with Gasteiger partial charge in [-0.2, -0.15) is 0 Å². The van der Waals surface area contributed by atoms with Gasteiger partial charge in [-0.25, -0.2) is 0 Å². The Morgan fingerprint density at radius 2 is 2.00 bits per heavy atom. The predicted octanol–water partition coefficient (Wildman–Crippen LogP) is 3.69. The van der Waals surface area contributed by atoms with E-state index in [0.29, 0.717) is 34.7 Å². The number of nitrogens with zero attached hydrogens (tertiary/aromatic N) is 2. The zero-order chi connectivity index (χ0) is 19.1. The molecule has 0 fully saturated rings. The number of rotatable bonds is 4. The number of ether oxygens (including phenoxy) is 2. The predicted molar refractivity (Wildman–Crippen MR) is 97.9 cm³/mol. The van der Waals surface area contributed by atoms with E-state index in [2.05, 4.69) is 5.32 Å². The van der Waals surface area contributed by atoms with Crippen LogP contribution in [0.1, 0.15) is 42.4 Å². The third kappa shape index (κ3) is 2.73. The lowest BCUT2D eigenvalue weighted by Gasteiger charge is -2.41. The molecule has 0 unspecified atom stereocenters. The van der Waals surface area contributed by atoms with E-state index in [0.717, 1.165) is 0 Å². The Bertz CT molecular complexity index is 930. The summed E-state index contributed by atoms with van der Waals surface area (Å²) in [6.07, 6.45) is 0.0296. The van der Waals surface area contributed by atoms with Gasteiger partial charge in [-0.3, -0.25) is 14.9 Å². The molecule has 0 radical (unpaired) electrons. The molecule has 140 valence electrons. The number of fused-ring (bicyclic) bond motifs is 2. The van der Waals surface area contributed by atoms with E-state index in [9.17, 15) is 14.9 Å². The van der Waals surface area contributed by atoms with Crippen LogP contribution in [0.25, 0.3) is 0 Å². The van der Waals surface area contributed by atoms with Crippen LogP contribution in [-0.2, 0) is 0 Å². The highest BCUT2D eigenvalue weighted by molar-refractivity contribution is 6.02. The molecule has 0 saturated heterocycles.